The van der Waals surface area contributed by atoms with E-state index in [9.17, 15) is 9.59 Å². The second-order valence-electron chi connectivity index (χ2n) is 7.65. The Balaban J connectivity index is 1.54. The summed E-state index contributed by atoms with van der Waals surface area (Å²) in [5, 5.41) is 5.28. The molecule has 0 spiro atoms. The normalized spacial score (nSPS) is 10.9. The lowest BCUT2D eigenvalue weighted by molar-refractivity contribution is -0.116. The number of hydrogen-bond donors (Lipinski definition) is 1. The third-order valence-corrected chi connectivity index (χ3v) is 6.31. The van der Waals surface area contributed by atoms with Crippen LogP contribution in [0.25, 0.3) is 16.8 Å². The molecule has 1 aromatic carbocycles. The molecular formula is C26H27N3O4S. The largest absolute Gasteiger partial charge is 0.494 e. The van der Waals surface area contributed by atoms with Crippen LogP contribution in [0.4, 0.5) is 5.00 Å². The van der Waals surface area contributed by atoms with Crippen molar-refractivity contribution in [3.8, 4) is 16.9 Å². The van der Waals surface area contributed by atoms with Gasteiger partial charge in [-0.2, -0.15) is 0 Å². The van der Waals surface area contributed by atoms with Crippen molar-refractivity contribution in [1.82, 2.24) is 9.38 Å². The van der Waals surface area contributed by atoms with Gasteiger partial charge in [0.25, 0.3) is 0 Å². The number of anilines is 1. The molecule has 0 atom stereocenters. The average Bonchev–Trinajstić information content (AvgIpc) is 3.38. The van der Waals surface area contributed by atoms with Gasteiger partial charge in [-0.3, -0.25) is 4.79 Å². The van der Waals surface area contributed by atoms with Gasteiger partial charge in [-0.05, 0) is 57.0 Å². The lowest BCUT2D eigenvalue weighted by Gasteiger charge is -2.10. The number of fused-ring (bicyclic) bond motifs is 1. The van der Waals surface area contributed by atoms with E-state index >= 15 is 0 Å². The molecule has 0 radical (unpaired) electrons. The average molecular weight is 478 g/mol. The Morgan fingerprint density at radius 3 is 2.62 bits per heavy atom. The molecule has 3 aromatic heterocycles. The zero-order valence-corrected chi connectivity index (χ0v) is 20.3. The fourth-order valence-corrected chi connectivity index (χ4v) is 4.83. The topological polar surface area (TPSA) is 81.9 Å². The SMILES string of the molecule is CCOC(=O)c1c(-c2ccc(OCC)cc2)csc1NC(=O)CCc1c(C)nc2ccccn12. The predicted octanol–water partition coefficient (Wildman–Crippen LogP) is 5.52. The number of esters is 1. The highest BCUT2D eigenvalue weighted by atomic mass is 32.1. The van der Waals surface area contributed by atoms with Crippen molar-refractivity contribution in [3.05, 3.63) is 71.0 Å². The van der Waals surface area contributed by atoms with Crippen molar-refractivity contribution in [2.75, 3.05) is 18.5 Å². The summed E-state index contributed by atoms with van der Waals surface area (Å²) >= 11 is 1.32. The quantitative estimate of drug-likeness (QED) is 0.321. The molecule has 0 unspecified atom stereocenters. The van der Waals surface area contributed by atoms with Gasteiger partial charge in [-0.1, -0.05) is 18.2 Å². The minimum Gasteiger partial charge on any atom is -0.494 e. The van der Waals surface area contributed by atoms with E-state index in [1.54, 1.807) is 6.92 Å². The second kappa shape index (κ2) is 10.5. The van der Waals surface area contributed by atoms with E-state index in [4.69, 9.17) is 9.47 Å². The van der Waals surface area contributed by atoms with Crippen LogP contribution in [0.15, 0.2) is 54.0 Å². The van der Waals surface area contributed by atoms with E-state index in [0.717, 1.165) is 33.9 Å². The van der Waals surface area contributed by atoms with Gasteiger partial charge in [-0.15, -0.1) is 11.3 Å². The standard InChI is InChI=1S/C26H27N3O4S/c1-4-32-19-11-9-18(10-12-19)20-16-34-25(24(20)26(31)33-5-2)28-23(30)14-13-21-17(3)27-22-8-6-7-15-29(21)22/h6-12,15-16H,4-5,13-14H2,1-3H3,(H,28,30). The molecule has 0 saturated carbocycles. The number of aryl methyl sites for hydroxylation is 2. The van der Waals surface area contributed by atoms with Crippen LogP contribution in [0.1, 0.15) is 42.0 Å². The number of rotatable bonds is 9. The minimum absolute atomic E-state index is 0.170. The Labute approximate surface area is 202 Å². The summed E-state index contributed by atoms with van der Waals surface area (Å²) in [5.74, 6) is 0.131. The number of thiophene rings is 1. The van der Waals surface area contributed by atoms with Crippen molar-refractivity contribution >= 4 is 33.9 Å². The number of nitrogens with zero attached hydrogens (tertiary/aromatic N) is 2. The number of pyridine rings is 1. The van der Waals surface area contributed by atoms with Gasteiger partial charge in [0, 0.05) is 29.3 Å². The molecule has 0 aliphatic carbocycles. The van der Waals surface area contributed by atoms with E-state index in [1.165, 1.54) is 11.3 Å². The molecule has 1 amide bonds. The summed E-state index contributed by atoms with van der Waals surface area (Å²) < 4.78 is 12.8. The monoisotopic (exact) mass is 477 g/mol. The Bertz CT molecular complexity index is 1310. The van der Waals surface area contributed by atoms with E-state index < -0.39 is 5.97 Å². The van der Waals surface area contributed by atoms with Crippen LogP contribution in [0.3, 0.4) is 0 Å². The summed E-state index contributed by atoms with van der Waals surface area (Å²) in [4.78, 5) is 30.2. The maximum absolute atomic E-state index is 12.8. The van der Waals surface area contributed by atoms with E-state index in [0.29, 0.717) is 23.6 Å². The highest BCUT2D eigenvalue weighted by molar-refractivity contribution is 7.15. The Kier molecular flexibility index (Phi) is 7.27. The highest BCUT2D eigenvalue weighted by Gasteiger charge is 2.23. The zero-order valence-electron chi connectivity index (χ0n) is 19.5. The first-order chi connectivity index (χ1) is 16.5. The van der Waals surface area contributed by atoms with Crippen LogP contribution < -0.4 is 10.1 Å². The van der Waals surface area contributed by atoms with Gasteiger partial charge in [0.2, 0.25) is 5.91 Å². The molecule has 7 nitrogen and oxygen atoms in total. The van der Waals surface area contributed by atoms with Gasteiger partial charge in [0.1, 0.15) is 22.0 Å². The van der Waals surface area contributed by atoms with Crippen molar-refractivity contribution in [2.45, 2.75) is 33.6 Å². The third kappa shape index (κ3) is 4.97. The molecule has 34 heavy (non-hydrogen) atoms. The lowest BCUT2D eigenvalue weighted by Crippen LogP contribution is -2.15. The van der Waals surface area contributed by atoms with Crippen LogP contribution in [0.5, 0.6) is 5.75 Å². The summed E-state index contributed by atoms with van der Waals surface area (Å²) in [6, 6.07) is 13.3. The second-order valence-corrected chi connectivity index (χ2v) is 8.53. The fourth-order valence-electron chi connectivity index (χ4n) is 3.85. The molecular weight excluding hydrogens is 450 g/mol. The van der Waals surface area contributed by atoms with E-state index in [1.807, 2.05) is 72.3 Å². The predicted molar refractivity (Wildman–Crippen MR) is 134 cm³/mol. The number of hydrogen-bond acceptors (Lipinski definition) is 6. The fraction of sp³-hybridized carbons (Fsp3) is 0.269. The summed E-state index contributed by atoms with van der Waals surface area (Å²) in [7, 11) is 0. The molecule has 4 aromatic rings. The first kappa shape index (κ1) is 23.5. The molecule has 3 heterocycles. The molecule has 0 aliphatic heterocycles. The molecule has 0 fully saturated rings. The van der Waals surface area contributed by atoms with Crippen LogP contribution in [-0.4, -0.2) is 34.5 Å². The lowest BCUT2D eigenvalue weighted by atomic mass is 10.0. The van der Waals surface area contributed by atoms with Crippen LogP contribution in [0, 0.1) is 6.92 Å². The summed E-state index contributed by atoms with van der Waals surface area (Å²) in [6.45, 7) is 6.46. The van der Waals surface area contributed by atoms with Crippen molar-refractivity contribution in [2.24, 2.45) is 0 Å². The first-order valence-electron chi connectivity index (χ1n) is 11.3. The van der Waals surface area contributed by atoms with E-state index in [-0.39, 0.29) is 18.9 Å². The van der Waals surface area contributed by atoms with Crippen molar-refractivity contribution < 1.29 is 19.1 Å². The van der Waals surface area contributed by atoms with Crippen molar-refractivity contribution in [1.29, 1.82) is 0 Å². The Hall–Kier alpha value is -3.65. The number of nitrogens with one attached hydrogen (secondary N) is 1. The van der Waals surface area contributed by atoms with Crippen LogP contribution in [-0.2, 0) is 16.0 Å². The molecule has 0 bridgehead atoms. The summed E-state index contributed by atoms with van der Waals surface area (Å²) in [5.41, 5.74) is 4.70. The molecule has 176 valence electrons. The van der Waals surface area contributed by atoms with Gasteiger partial charge in [0.15, 0.2) is 0 Å². The molecule has 1 N–H and O–H groups in total. The Morgan fingerprint density at radius 2 is 1.88 bits per heavy atom. The molecule has 4 rings (SSSR count). The van der Waals surface area contributed by atoms with Crippen LogP contribution in [0.2, 0.25) is 0 Å². The summed E-state index contributed by atoms with van der Waals surface area (Å²) in [6.07, 6.45) is 2.75. The number of ether oxygens (including phenoxy) is 2. The van der Waals surface area contributed by atoms with Gasteiger partial charge in [-0.25, -0.2) is 9.78 Å². The maximum atomic E-state index is 12.8. The first-order valence-corrected chi connectivity index (χ1v) is 12.1. The number of carbonyl (C=O) groups is 2. The zero-order chi connectivity index (χ0) is 24.1. The number of carbonyl (C=O) groups excluding carboxylic acids is 2. The maximum Gasteiger partial charge on any atom is 0.341 e. The molecule has 0 saturated heterocycles. The number of imidazole rings is 1. The minimum atomic E-state index is -0.458. The van der Waals surface area contributed by atoms with Crippen LogP contribution >= 0.6 is 11.3 Å². The van der Waals surface area contributed by atoms with Gasteiger partial charge in [0.05, 0.1) is 18.9 Å². The third-order valence-electron chi connectivity index (χ3n) is 5.42. The number of benzene rings is 1. The van der Waals surface area contributed by atoms with Crippen molar-refractivity contribution in [3.63, 3.8) is 0 Å². The van der Waals surface area contributed by atoms with E-state index in [2.05, 4.69) is 10.3 Å². The highest BCUT2D eigenvalue weighted by Crippen LogP contribution is 2.37. The van der Waals surface area contributed by atoms with Gasteiger partial charge < -0.3 is 19.2 Å². The Morgan fingerprint density at radius 1 is 1.09 bits per heavy atom. The molecule has 0 aliphatic rings. The molecule has 8 heteroatoms. The smallest absolute Gasteiger partial charge is 0.341 e. The number of amides is 1. The number of aromatic nitrogens is 2. The van der Waals surface area contributed by atoms with Gasteiger partial charge >= 0.3 is 5.97 Å².